The van der Waals surface area contributed by atoms with Crippen LogP contribution < -0.4 is 4.31 Å². The minimum atomic E-state index is -3.80. The Hall–Kier alpha value is -2.60. The zero-order chi connectivity index (χ0) is 18.5. The van der Waals surface area contributed by atoms with Crippen molar-refractivity contribution in [1.29, 1.82) is 0 Å². The van der Waals surface area contributed by atoms with Crippen LogP contribution in [0, 0.1) is 0 Å². The molecule has 5 nitrogen and oxygen atoms in total. The number of nitrogens with zero attached hydrogens (tertiary/aromatic N) is 2. The molecule has 27 heavy (non-hydrogen) atoms. The van der Waals surface area contributed by atoms with Crippen molar-refractivity contribution < 1.29 is 12.8 Å². The van der Waals surface area contributed by atoms with Gasteiger partial charge in [-0.3, -0.25) is 4.31 Å². The molecule has 6 heteroatoms. The van der Waals surface area contributed by atoms with Gasteiger partial charge in [-0.15, -0.1) is 0 Å². The van der Waals surface area contributed by atoms with Crippen molar-refractivity contribution in [1.82, 2.24) is 4.98 Å². The molecule has 3 aromatic rings. The SMILES string of the molecule is O=S(=O)(c1cnc(-c2ccccc2)o1)N1CC2(CCCC2)c2ccccc21. The Labute approximate surface area is 158 Å². The van der Waals surface area contributed by atoms with Gasteiger partial charge in [-0.1, -0.05) is 49.2 Å². The third kappa shape index (κ3) is 2.51. The molecule has 1 fully saturated rings. The van der Waals surface area contributed by atoms with E-state index in [2.05, 4.69) is 11.1 Å². The summed E-state index contributed by atoms with van der Waals surface area (Å²) in [6, 6.07) is 17.2. The predicted octanol–water partition coefficient (Wildman–Crippen LogP) is 4.36. The topological polar surface area (TPSA) is 63.4 Å². The lowest BCUT2D eigenvalue weighted by Crippen LogP contribution is -2.35. The minimum Gasteiger partial charge on any atom is -0.423 e. The molecular weight excluding hydrogens is 360 g/mol. The highest BCUT2D eigenvalue weighted by Crippen LogP contribution is 2.51. The summed E-state index contributed by atoms with van der Waals surface area (Å²) in [5.74, 6) is 0.317. The van der Waals surface area contributed by atoms with Crippen LogP contribution >= 0.6 is 0 Å². The molecule has 0 unspecified atom stereocenters. The van der Waals surface area contributed by atoms with Gasteiger partial charge >= 0.3 is 0 Å². The summed E-state index contributed by atoms with van der Waals surface area (Å²) >= 11 is 0. The molecule has 2 heterocycles. The Morgan fingerprint density at radius 2 is 1.67 bits per heavy atom. The van der Waals surface area contributed by atoms with Crippen molar-refractivity contribution >= 4 is 15.7 Å². The number of sulfonamides is 1. The second-order valence-corrected chi connectivity index (χ2v) is 9.16. The summed E-state index contributed by atoms with van der Waals surface area (Å²) in [6.07, 6.45) is 5.66. The first kappa shape index (κ1) is 16.6. The number of oxazole rings is 1. The Kier molecular flexibility index (Phi) is 3.65. The van der Waals surface area contributed by atoms with E-state index in [0.29, 0.717) is 12.4 Å². The highest BCUT2D eigenvalue weighted by molar-refractivity contribution is 7.92. The maximum Gasteiger partial charge on any atom is 0.299 e. The molecule has 1 spiro atoms. The Balaban J connectivity index is 1.56. The molecule has 0 atom stereocenters. The maximum absolute atomic E-state index is 13.4. The number of aromatic nitrogens is 1. The molecule has 5 rings (SSSR count). The van der Waals surface area contributed by atoms with E-state index < -0.39 is 10.0 Å². The van der Waals surface area contributed by atoms with Crippen molar-refractivity contribution in [3.8, 4) is 11.5 Å². The van der Waals surface area contributed by atoms with Gasteiger partial charge < -0.3 is 4.42 Å². The van der Waals surface area contributed by atoms with Crippen molar-refractivity contribution in [3.63, 3.8) is 0 Å². The number of hydrogen-bond acceptors (Lipinski definition) is 4. The summed E-state index contributed by atoms with van der Waals surface area (Å²) in [5.41, 5.74) is 2.62. The van der Waals surface area contributed by atoms with Crippen molar-refractivity contribution in [2.75, 3.05) is 10.8 Å². The third-order valence-electron chi connectivity index (χ3n) is 5.80. The van der Waals surface area contributed by atoms with Gasteiger partial charge in [0.2, 0.25) is 5.89 Å². The predicted molar refractivity (Wildman–Crippen MR) is 103 cm³/mol. The van der Waals surface area contributed by atoms with E-state index in [4.69, 9.17) is 4.42 Å². The molecular formula is C21H20N2O3S. The molecule has 1 saturated carbocycles. The molecule has 2 aromatic carbocycles. The Bertz CT molecular complexity index is 1080. The maximum atomic E-state index is 13.4. The fourth-order valence-corrected chi connectivity index (χ4v) is 5.90. The van der Waals surface area contributed by atoms with Crippen molar-refractivity contribution in [2.45, 2.75) is 36.2 Å². The molecule has 0 amide bonds. The van der Waals surface area contributed by atoms with Crippen LogP contribution in [0.5, 0.6) is 0 Å². The minimum absolute atomic E-state index is 0.0635. The van der Waals surface area contributed by atoms with E-state index in [-0.39, 0.29) is 10.5 Å². The average molecular weight is 380 g/mol. The summed E-state index contributed by atoms with van der Waals surface area (Å²) in [5, 5.41) is -0.105. The molecule has 0 saturated heterocycles. The smallest absolute Gasteiger partial charge is 0.299 e. The fourth-order valence-electron chi connectivity index (χ4n) is 4.48. The molecule has 1 aromatic heterocycles. The van der Waals surface area contributed by atoms with Crippen LogP contribution in [0.15, 0.2) is 70.3 Å². The first-order valence-corrected chi connectivity index (χ1v) is 10.7. The lowest BCUT2D eigenvalue weighted by Gasteiger charge is -2.24. The summed E-state index contributed by atoms with van der Waals surface area (Å²) < 4.78 is 33.9. The van der Waals surface area contributed by atoms with E-state index in [1.807, 2.05) is 48.5 Å². The first-order chi connectivity index (χ1) is 13.1. The second kappa shape index (κ2) is 5.96. The van der Waals surface area contributed by atoms with Crippen LogP contribution in [0.25, 0.3) is 11.5 Å². The van der Waals surface area contributed by atoms with E-state index in [0.717, 1.165) is 42.5 Å². The number of benzene rings is 2. The highest BCUT2D eigenvalue weighted by Gasteiger charge is 2.48. The Morgan fingerprint density at radius 1 is 0.963 bits per heavy atom. The van der Waals surface area contributed by atoms with Gasteiger partial charge in [0.15, 0.2) is 0 Å². The molecule has 0 radical (unpaired) electrons. The van der Waals surface area contributed by atoms with Crippen LogP contribution in [0.4, 0.5) is 5.69 Å². The average Bonchev–Trinajstić information content (AvgIpc) is 3.43. The van der Waals surface area contributed by atoms with Crippen molar-refractivity contribution in [2.24, 2.45) is 0 Å². The Morgan fingerprint density at radius 3 is 2.44 bits per heavy atom. The number of fused-ring (bicyclic) bond motifs is 2. The fraction of sp³-hybridized carbons (Fsp3) is 0.286. The van der Waals surface area contributed by atoms with Gasteiger partial charge in [-0.2, -0.15) is 8.42 Å². The zero-order valence-electron chi connectivity index (χ0n) is 14.8. The number of hydrogen-bond donors (Lipinski definition) is 0. The van der Waals surface area contributed by atoms with Gasteiger partial charge in [0, 0.05) is 17.5 Å². The molecule has 0 bridgehead atoms. The van der Waals surface area contributed by atoms with Crippen LogP contribution in [-0.4, -0.2) is 19.9 Å². The van der Waals surface area contributed by atoms with E-state index >= 15 is 0 Å². The van der Waals surface area contributed by atoms with Gasteiger partial charge in [-0.25, -0.2) is 4.98 Å². The molecule has 0 N–H and O–H groups in total. The van der Waals surface area contributed by atoms with Crippen LogP contribution in [0.3, 0.4) is 0 Å². The number of anilines is 1. The van der Waals surface area contributed by atoms with Gasteiger partial charge in [0.25, 0.3) is 15.1 Å². The van der Waals surface area contributed by atoms with Gasteiger partial charge in [-0.05, 0) is 36.6 Å². The summed E-state index contributed by atoms with van der Waals surface area (Å²) in [7, 11) is -3.80. The second-order valence-electron chi connectivity index (χ2n) is 7.37. The largest absolute Gasteiger partial charge is 0.423 e. The zero-order valence-corrected chi connectivity index (χ0v) is 15.7. The van der Waals surface area contributed by atoms with Gasteiger partial charge in [0.1, 0.15) is 0 Å². The van der Waals surface area contributed by atoms with E-state index in [9.17, 15) is 8.42 Å². The highest BCUT2D eigenvalue weighted by atomic mass is 32.2. The van der Waals surface area contributed by atoms with Gasteiger partial charge in [0.05, 0.1) is 11.9 Å². The third-order valence-corrected chi connectivity index (χ3v) is 7.40. The van der Waals surface area contributed by atoms with E-state index in [1.54, 1.807) is 0 Å². The lowest BCUT2D eigenvalue weighted by atomic mass is 9.81. The monoisotopic (exact) mass is 380 g/mol. The summed E-state index contributed by atoms with van der Waals surface area (Å²) in [6.45, 7) is 0.482. The molecule has 1 aliphatic carbocycles. The van der Waals surface area contributed by atoms with E-state index in [1.165, 1.54) is 10.5 Å². The number of rotatable bonds is 3. The number of para-hydroxylation sites is 1. The van der Waals surface area contributed by atoms with Crippen LogP contribution in [0.2, 0.25) is 0 Å². The molecule has 2 aliphatic rings. The summed E-state index contributed by atoms with van der Waals surface area (Å²) in [4.78, 5) is 4.20. The molecule has 138 valence electrons. The first-order valence-electron chi connectivity index (χ1n) is 9.24. The van der Waals surface area contributed by atoms with Crippen molar-refractivity contribution in [3.05, 3.63) is 66.4 Å². The van der Waals surface area contributed by atoms with Crippen LogP contribution in [-0.2, 0) is 15.4 Å². The lowest BCUT2D eigenvalue weighted by molar-refractivity contribution is 0.449. The normalized spacial score (nSPS) is 18.1. The quantitative estimate of drug-likeness (QED) is 0.677. The van der Waals surface area contributed by atoms with Crippen LogP contribution in [0.1, 0.15) is 31.2 Å². The molecule has 1 aliphatic heterocycles. The standard InChI is InChI=1S/C21H20N2O3S/c24-27(25,19-14-22-20(26-19)16-8-2-1-3-9-16)23-15-21(12-6-7-13-21)17-10-4-5-11-18(17)23/h1-5,8-11,14H,6-7,12-13,15H2.